The molecule has 0 atom stereocenters. The largest absolute Gasteiger partial charge is 0.301 e. The molecule has 1 fully saturated rings. The second-order valence-electron chi connectivity index (χ2n) is 4.53. The predicted octanol–water partition coefficient (Wildman–Crippen LogP) is 1.85. The number of piperazine rings is 1. The summed E-state index contributed by atoms with van der Waals surface area (Å²) in [6.07, 6.45) is 2.38. The third-order valence-electron chi connectivity index (χ3n) is 3.25. The van der Waals surface area contributed by atoms with Crippen LogP contribution >= 0.6 is 11.3 Å². The summed E-state index contributed by atoms with van der Waals surface area (Å²) >= 11 is 1.29. The van der Waals surface area contributed by atoms with E-state index in [1.54, 1.807) is 16.4 Å². The maximum Gasteiger partial charge on any atom is 0.252 e. The molecule has 1 saturated heterocycles. The standard InChI is InChI=1S/C12H20N2O2S2/c1-2-3-6-13-7-9-14(10-8-13)18(15,16)12-5-4-11-17-12/h4-5,11H,2-3,6-10H2,1H3. The molecule has 0 amide bonds. The maximum absolute atomic E-state index is 12.3. The van der Waals surface area contributed by atoms with Crippen LogP contribution in [-0.2, 0) is 10.0 Å². The van der Waals surface area contributed by atoms with Crippen LogP contribution in [0.1, 0.15) is 19.8 Å². The topological polar surface area (TPSA) is 40.6 Å². The molecular weight excluding hydrogens is 268 g/mol. The Morgan fingerprint density at radius 1 is 1.28 bits per heavy atom. The Kier molecular flexibility index (Phi) is 4.77. The van der Waals surface area contributed by atoms with Crippen LogP contribution in [0.2, 0.25) is 0 Å². The maximum atomic E-state index is 12.3. The molecule has 102 valence electrons. The first kappa shape index (κ1) is 14.0. The fraction of sp³-hybridized carbons (Fsp3) is 0.667. The predicted molar refractivity (Wildman–Crippen MR) is 74.4 cm³/mol. The Labute approximate surface area is 113 Å². The van der Waals surface area contributed by atoms with Crippen molar-refractivity contribution in [2.75, 3.05) is 32.7 Å². The summed E-state index contributed by atoms with van der Waals surface area (Å²) in [5.74, 6) is 0. The average molecular weight is 288 g/mol. The van der Waals surface area contributed by atoms with Crippen LogP contribution in [0.3, 0.4) is 0 Å². The molecule has 0 aromatic carbocycles. The first-order chi connectivity index (χ1) is 8.64. The van der Waals surface area contributed by atoms with Gasteiger partial charge in [0.15, 0.2) is 0 Å². The van der Waals surface area contributed by atoms with Crippen molar-refractivity contribution in [1.82, 2.24) is 9.21 Å². The Balaban J connectivity index is 1.94. The van der Waals surface area contributed by atoms with Crippen molar-refractivity contribution in [3.63, 3.8) is 0 Å². The van der Waals surface area contributed by atoms with Gasteiger partial charge in [0.05, 0.1) is 0 Å². The average Bonchev–Trinajstić information content (AvgIpc) is 2.91. The fourth-order valence-electron chi connectivity index (χ4n) is 2.11. The lowest BCUT2D eigenvalue weighted by Gasteiger charge is -2.33. The Hall–Kier alpha value is -0.430. The van der Waals surface area contributed by atoms with Crippen molar-refractivity contribution in [3.8, 4) is 0 Å². The summed E-state index contributed by atoms with van der Waals surface area (Å²) in [5, 5.41) is 1.81. The number of rotatable bonds is 5. The number of thiophene rings is 1. The van der Waals surface area contributed by atoms with E-state index in [1.165, 1.54) is 24.2 Å². The molecule has 1 aliphatic rings. The second kappa shape index (κ2) is 6.14. The third kappa shape index (κ3) is 3.12. The third-order valence-corrected chi connectivity index (χ3v) is 6.52. The molecular formula is C12H20N2O2S2. The summed E-state index contributed by atoms with van der Waals surface area (Å²) < 4.78 is 26.6. The van der Waals surface area contributed by atoms with Crippen LogP contribution in [0.4, 0.5) is 0 Å². The quantitative estimate of drug-likeness (QED) is 0.830. The molecule has 0 spiro atoms. The lowest BCUT2D eigenvalue weighted by atomic mass is 10.3. The van der Waals surface area contributed by atoms with E-state index in [9.17, 15) is 8.42 Å². The van der Waals surface area contributed by atoms with Gasteiger partial charge in [0.2, 0.25) is 0 Å². The van der Waals surface area contributed by atoms with E-state index in [-0.39, 0.29) is 0 Å². The molecule has 2 heterocycles. The van der Waals surface area contributed by atoms with Gasteiger partial charge in [0.25, 0.3) is 10.0 Å². The van der Waals surface area contributed by atoms with Gasteiger partial charge >= 0.3 is 0 Å². The lowest BCUT2D eigenvalue weighted by Crippen LogP contribution is -2.48. The molecule has 1 aliphatic heterocycles. The number of unbranched alkanes of at least 4 members (excludes halogenated alkanes) is 1. The number of hydrogen-bond acceptors (Lipinski definition) is 4. The molecule has 4 nitrogen and oxygen atoms in total. The molecule has 0 aliphatic carbocycles. The molecule has 0 saturated carbocycles. The zero-order valence-corrected chi connectivity index (χ0v) is 12.3. The highest BCUT2D eigenvalue weighted by molar-refractivity contribution is 7.91. The SMILES string of the molecule is CCCCN1CCN(S(=O)(=O)c2cccs2)CC1. The first-order valence-corrected chi connectivity index (χ1v) is 8.72. The highest BCUT2D eigenvalue weighted by Gasteiger charge is 2.28. The Bertz CT molecular complexity index is 448. The summed E-state index contributed by atoms with van der Waals surface area (Å²) in [6.45, 7) is 6.20. The van der Waals surface area contributed by atoms with Crippen LogP contribution in [0.25, 0.3) is 0 Å². The van der Waals surface area contributed by atoms with Gasteiger partial charge in [-0.05, 0) is 24.4 Å². The number of sulfonamides is 1. The van der Waals surface area contributed by atoms with Crippen LogP contribution in [-0.4, -0.2) is 50.3 Å². The minimum atomic E-state index is -3.24. The van der Waals surface area contributed by atoms with Crippen LogP contribution in [0, 0.1) is 0 Å². The summed E-state index contributed by atoms with van der Waals surface area (Å²) in [5.41, 5.74) is 0. The minimum Gasteiger partial charge on any atom is -0.301 e. The molecule has 0 radical (unpaired) electrons. The number of hydrogen-bond donors (Lipinski definition) is 0. The van der Waals surface area contributed by atoms with E-state index >= 15 is 0 Å². The van der Waals surface area contributed by atoms with Crippen molar-refractivity contribution in [1.29, 1.82) is 0 Å². The van der Waals surface area contributed by atoms with Gasteiger partial charge in [-0.25, -0.2) is 8.42 Å². The first-order valence-electron chi connectivity index (χ1n) is 6.40. The fourth-order valence-corrected chi connectivity index (χ4v) is 4.68. The zero-order chi connectivity index (χ0) is 13.0. The van der Waals surface area contributed by atoms with Gasteiger partial charge in [-0.3, -0.25) is 0 Å². The van der Waals surface area contributed by atoms with Crippen LogP contribution < -0.4 is 0 Å². The van der Waals surface area contributed by atoms with Gasteiger partial charge in [-0.15, -0.1) is 11.3 Å². The van der Waals surface area contributed by atoms with Crippen molar-refractivity contribution in [2.24, 2.45) is 0 Å². The van der Waals surface area contributed by atoms with Gasteiger partial charge in [-0.1, -0.05) is 19.4 Å². The van der Waals surface area contributed by atoms with Crippen molar-refractivity contribution in [3.05, 3.63) is 17.5 Å². The Morgan fingerprint density at radius 2 is 2.00 bits per heavy atom. The summed E-state index contributed by atoms with van der Waals surface area (Å²) in [4.78, 5) is 2.35. The number of nitrogens with zero attached hydrogens (tertiary/aromatic N) is 2. The molecule has 1 aromatic heterocycles. The van der Waals surface area contributed by atoms with Crippen molar-refractivity contribution < 1.29 is 8.42 Å². The Morgan fingerprint density at radius 3 is 2.56 bits per heavy atom. The van der Waals surface area contributed by atoms with Gasteiger partial charge < -0.3 is 4.90 Å². The molecule has 0 unspecified atom stereocenters. The zero-order valence-electron chi connectivity index (χ0n) is 10.7. The van der Waals surface area contributed by atoms with E-state index in [1.807, 2.05) is 5.38 Å². The van der Waals surface area contributed by atoms with Crippen LogP contribution in [0.15, 0.2) is 21.7 Å². The van der Waals surface area contributed by atoms with E-state index in [4.69, 9.17) is 0 Å². The van der Waals surface area contributed by atoms with E-state index in [0.29, 0.717) is 17.3 Å². The summed E-state index contributed by atoms with van der Waals surface area (Å²) in [6, 6.07) is 3.47. The van der Waals surface area contributed by atoms with Gasteiger partial charge in [0.1, 0.15) is 4.21 Å². The molecule has 0 bridgehead atoms. The summed E-state index contributed by atoms with van der Waals surface area (Å²) in [7, 11) is -3.24. The van der Waals surface area contributed by atoms with Gasteiger partial charge in [0, 0.05) is 26.2 Å². The smallest absolute Gasteiger partial charge is 0.252 e. The highest BCUT2D eigenvalue weighted by Crippen LogP contribution is 2.21. The molecule has 1 aromatic rings. The molecule has 6 heteroatoms. The highest BCUT2D eigenvalue weighted by atomic mass is 32.2. The van der Waals surface area contributed by atoms with Crippen molar-refractivity contribution in [2.45, 2.75) is 24.0 Å². The lowest BCUT2D eigenvalue weighted by molar-refractivity contribution is 0.186. The van der Waals surface area contributed by atoms with Gasteiger partial charge in [-0.2, -0.15) is 4.31 Å². The normalized spacial score (nSPS) is 19.2. The van der Waals surface area contributed by atoms with E-state index in [0.717, 1.165) is 19.6 Å². The molecule has 0 N–H and O–H groups in total. The molecule has 2 rings (SSSR count). The van der Waals surface area contributed by atoms with Crippen LogP contribution in [0.5, 0.6) is 0 Å². The van der Waals surface area contributed by atoms with E-state index in [2.05, 4.69) is 11.8 Å². The van der Waals surface area contributed by atoms with E-state index < -0.39 is 10.0 Å². The monoisotopic (exact) mass is 288 g/mol. The minimum absolute atomic E-state index is 0.463. The second-order valence-corrected chi connectivity index (χ2v) is 7.64. The molecule has 18 heavy (non-hydrogen) atoms. The van der Waals surface area contributed by atoms with Crippen molar-refractivity contribution >= 4 is 21.4 Å².